The third-order valence-electron chi connectivity index (χ3n) is 4.39. The minimum atomic E-state index is 0.0291. The van der Waals surface area contributed by atoms with Gasteiger partial charge in [0.25, 0.3) is 0 Å². The van der Waals surface area contributed by atoms with E-state index in [0.29, 0.717) is 12.0 Å². The first-order chi connectivity index (χ1) is 9.15. The standard InChI is InChI=1S/C15H30N2O2/c1-4-7-16-14(11-17(2)3)13-5-8-19-15(10-13)6-9-18-12-15/h13-14,16H,4-12H2,1-3H3. The molecular weight excluding hydrogens is 240 g/mol. The minimum absolute atomic E-state index is 0.0291. The Labute approximate surface area is 117 Å². The van der Waals surface area contributed by atoms with E-state index in [-0.39, 0.29) is 5.60 Å². The molecule has 0 bridgehead atoms. The number of nitrogens with one attached hydrogen (secondary N) is 1. The fourth-order valence-electron chi connectivity index (χ4n) is 3.38. The molecule has 0 amide bonds. The Morgan fingerprint density at radius 2 is 2.21 bits per heavy atom. The number of nitrogens with zero attached hydrogens (tertiary/aromatic N) is 1. The zero-order valence-electron chi connectivity index (χ0n) is 12.8. The lowest BCUT2D eigenvalue weighted by atomic mass is 9.81. The topological polar surface area (TPSA) is 33.7 Å². The molecule has 0 aromatic rings. The van der Waals surface area contributed by atoms with Crippen molar-refractivity contribution in [3.8, 4) is 0 Å². The first-order valence-electron chi connectivity index (χ1n) is 7.75. The average Bonchev–Trinajstić information content (AvgIpc) is 2.82. The van der Waals surface area contributed by atoms with Crippen LogP contribution < -0.4 is 5.32 Å². The van der Waals surface area contributed by atoms with Gasteiger partial charge in [-0.15, -0.1) is 0 Å². The predicted octanol–water partition coefficient (Wildman–Crippen LogP) is 1.50. The molecule has 2 aliphatic rings. The Kier molecular flexibility index (Phi) is 5.63. The average molecular weight is 270 g/mol. The lowest BCUT2D eigenvalue weighted by molar-refractivity contribution is -0.103. The van der Waals surface area contributed by atoms with Gasteiger partial charge in [0.15, 0.2) is 0 Å². The molecule has 0 radical (unpaired) electrons. The second kappa shape index (κ2) is 7.02. The molecule has 0 saturated carbocycles. The van der Waals surface area contributed by atoms with Gasteiger partial charge in [-0.2, -0.15) is 0 Å². The lowest BCUT2D eigenvalue weighted by Gasteiger charge is -2.41. The number of rotatable bonds is 6. The van der Waals surface area contributed by atoms with Gasteiger partial charge in [-0.3, -0.25) is 0 Å². The van der Waals surface area contributed by atoms with Gasteiger partial charge in [0.05, 0.1) is 12.2 Å². The molecule has 19 heavy (non-hydrogen) atoms. The van der Waals surface area contributed by atoms with Crippen molar-refractivity contribution in [2.45, 2.75) is 44.2 Å². The van der Waals surface area contributed by atoms with Crippen molar-refractivity contribution in [3.63, 3.8) is 0 Å². The van der Waals surface area contributed by atoms with Crippen molar-refractivity contribution in [3.05, 3.63) is 0 Å². The predicted molar refractivity (Wildman–Crippen MR) is 77.5 cm³/mol. The smallest absolute Gasteiger partial charge is 0.0939 e. The molecule has 2 heterocycles. The molecule has 2 rings (SSSR count). The molecule has 2 aliphatic heterocycles. The first-order valence-corrected chi connectivity index (χ1v) is 7.75. The Morgan fingerprint density at radius 3 is 2.84 bits per heavy atom. The van der Waals surface area contributed by atoms with Crippen LogP contribution in [-0.4, -0.2) is 63.5 Å². The molecule has 2 saturated heterocycles. The number of ether oxygens (including phenoxy) is 2. The highest BCUT2D eigenvalue weighted by molar-refractivity contribution is 4.94. The Morgan fingerprint density at radius 1 is 1.37 bits per heavy atom. The number of likely N-dealkylation sites (N-methyl/N-ethyl adjacent to an activating group) is 1. The van der Waals surface area contributed by atoms with Crippen LogP contribution in [0.15, 0.2) is 0 Å². The van der Waals surface area contributed by atoms with E-state index in [4.69, 9.17) is 9.47 Å². The van der Waals surface area contributed by atoms with Gasteiger partial charge in [-0.1, -0.05) is 6.92 Å². The first kappa shape index (κ1) is 15.2. The van der Waals surface area contributed by atoms with Crippen LogP contribution in [0.5, 0.6) is 0 Å². The van der Waals surface area contributed by atoms with Gasteiger partial charge in [-0.25, -0.2) is 0 Å². The quantitative estimate of drug-likeness (QED) is 0.793. The van der Waals surface area contributed by atoms with Crippen LogP contribution in [0.25, 0.3) is 0 Å². The summed E-state index contributed by atoms with van der Waals surface area (Å²) in [6, 6.07) is 0.580. The highest BCUT2D eigenvalue weighted by atomic mass is 16.6. The summed E-state index contributed by atoms with van der Waals surface area (Å²) in [7, 11) is 4.32. The summed E-state index contributed by atoms with van der Waals surface area (Å²) < 4.78 is 11.6. The van der Waals surface area contributed by atoms with Crippen molar-refractivity contribution in [1.82, 2.24) is 10.2 Å². The molecule has 0 aliphatic carbocycles. The van der Waals surface area contributed by atoms with Gasteiger partial charge in [0, 0.05) is 32.2 Å². The van der Waals surface area contributed by atoms with E-state index < -0.39 is 0 Å². The van der Waals surface area contributed by atoms with Crippen LogP contribution in [0, 0.1) is 5.92 Å². The Balaban J connectivity index is 1.94. The monoisotopic (exact) mass is 270 g/mol. The molecule has 0 aromatic heterocycles. The molecule has 1 spiro atoms. The van der Waals surface area contributed by atoms with Gasteiger partial charge in [-0.05, 0) is 45.8 Å². The zero-order valence-corrected chi connectivity index (χ0v) is 12.8. The number of hydrogen-bond donors (Lipinski definition) is 1. The summed E-state index contributed by atoms with van der Waals surface area (Å²) in [6.45, 7) is 7.02. The van der Waals surface area contributed by atoms with Crippen molar-refractivity contribution in [2.75, 3.05) is 47.0 Å². The Hall–Kier alpha value is -0.160. The summed E-state index contributed by atoms with van der Waals surface area (Å²) in [5, 5.41) is 3.74. The molecule has 0 aromatic carbocycles. The normalized spacial score (nSPS) is 33.2. The summed E-state index contributed by atoms with van der Waals surface area (Å²) >= 11 is 0. The molecule has 4 heteroatoms. The van der Waals surface area contributed by atoms with Gasteiger partial charge in [0.1, 0.15) is 0 Å². The maximum absolute atomic E-state index is 6.05. The molecule has 3 atom stereocenters. The van der Waals surface area contributed by atoms with E-state index in [9.17, 15) is 0 Å². The maximum Gasteiger partial charge on any atom is 0.0939 e. The minimum Gasteiger partial charge on any atom is -0.378 e. The second-order valence-corrected chi connectivity index (χ2v) is 6.41. The van der Waals surface area contributed by atoms with Crippen LogP contribution in [0.1, 0.15) is 32.6 Å². The third kappa shape index (κ3) is 4.15. The van der Waals surface area contributed by atoms with Crippen molar-refractivity contribution >= 4 is 0 Å². The van der Waals surface area contributed by atoms with Crippen LogP contribution >= 0.6 is 0 Å². The van der Waals surface area contributed by atoms with Gasteiger partial charge >= 0.3 is 0 Å². The van der Waals surface area contributed by atoms with E-state index in [1.165, 1.54) is 12.8 Å². The van der Waals surface area contributed by atoms with E-state index in [2.05, 4.69) is 31.2 Å². The van der Waals surface area contributed by atoms with Gasteiger partial charge < -0.3 is 19.7 Å². The summed E-state index contributed by atoms with van der Waals surface area (Å²) in [4.78, 5) is 2.29. The van der Waals surface area contributed by atoms with Crippen LogP contribution in [0.2, 0.25) is 0 Å². The van der Waals surface area contributed by atoms with E-state index in [0.717, 1.165) is 45.8 Å². The fraction of sp³-hybridized carbons (Fsp3) is 1.00. The zero-order chi connectivity index (χ0) is 13.7. The second-order valence-electron chi connectivity index (χ2n) is 6.41. The van der Waals surface area contributed by atoms with Crippen molar-refractivity contribution in [2.24, 2.45) is 5.92 Å². The number of hydrogen-bond acceptors (Lipinski definition) is 4. The van der Waals surface area contributed by atoms with E-state index in [1.807, 2.05) is 0 Å². The largest absolute Gasteiger partial charge is 0.378 e. The molecule has 4 nitrogen and oxygen atoms in total. The van der Waals surface area contributed by atoms with Crippen molar-refractivity contribution in [1.29, 1.82) is 0 Å². The van der Waals surface area contributed by atoms with E-state index in [1.54, 1.807) is 0 Å². The molecule has 112 valence electrons. The summed E-state index contributed by atoms with van der Waals surface area (Å²) in [5.41, 5.74) is 0.0291. The summed E-state index contributed by atoms with van der Waals surface area (Å²) in [5.74, 6) is 0.712. The van der Waals surface area contributed by atoms with Gasteiger partial charge in [0.2, 0.25) is 0 Å². The van der Waals surface area contributed by atoms with Crippen molar-refractivity contribution < 1.29 is 9.47 Å². The van der Waals surface area contributed by atoms with Crippen LogP contribution in [0.4, 0.5) is 0 Å². The molecular formula is C15H30N2O2. The lowest BCUT2D eigenvalue weighted by Crippen LogP contribution is -2.50. The fourth-order valence-corrected chi connectivity index (χ4v) is 3.38. The highest BCUT2D eigenvalue weighted by Crippen LogP contribution is 2.37. The SMILES string of the molecule is CCCNC(CN(C)C)C1CCOC2(CCOC2)C1. The summed E-state index contributed by atoms with van der Waals surface area (Å²) in [6.07, 6.45) is 4.60. The van der Waals surface area contributed by atoms with E-state index >= 15 is 0 Å². The molecule has 1 N–H and O–H groups in total. The molecule has 3 unspecified atom stereocenters. The maximum atomic E-state index is 6.05. The molecule has 2 fully saturated rings. The van der Waals surface area contributed by atoms with Crippen LogP contribution in [0.3, 0.4) is 0 Å². The highest BCUT2D eigenvalue weighted by Gasteiger charge is 2.42. The third-order valence-corrected chi connectivity index (χ3v) is 4.39. The van der Waals surface area contributed by atoms with Crippen LogP contribution in [-0.2, 0) is 9.47 Å². The Bertz CT molecular complexity index is 265.